The van der Waals surface area contributed by atoms with Crippen LogP contribution in [0.25, 0.3) is 0 Å². The number of hydrogen-bond donors (Lipinski definition) is 5. The van der Waals surface area contributed by atoms with E-state index in [1.165, 1.54) is 6.07 Å². The number of hydrazone groups is 1. The van der Waals surface area contributed by atoms with Crippen molar-refractivity contribution in [2.45, 2.75) is 0 Å². The van der Waals surface area contributed by atoms with Gasteiger partial charge in [0.15, 0.2) is 29.6 Å². The molecule has 0 aliphatic rings. The van der Waals surface area contributed by atoms with E-state index in [9.17, 15) is 22.4 Å². The largest absolute Gasteiger partial charge is 0.369 e. The van der Waals surface area contributed by atoms with Gasteiger partial charge in [0.1, 0.15) is 0 Å². The molecule has 0 heterocycles. The number of rotatable bonds is 3. The monoisotopic (exact) mass is 518 g/mol. The average Bonchev–Trinajstić information content (AvgIpc) is 2.73. The van der Waals surface area contributed by atoms with Gasteiger partial charge in [0, 0.05) is 11.1 Å². The normalized spacial score (nSPS) is 9.31. The van der Waals surface area contributed by atoms with Crippen LogP contribution in [0.2, 0.25) is 10.0 Å². The van der Waals surface area contributed by atoms with Gasteiger partial charge in [-0.2, -0.15) is 5.10 Å². The van der Waals surface area contributed by atoms with Crippen LogP contribution < -0.4 is 28.8 Å². The lowest BCUT2D eigenvalue weighted by atomic mass is 10.2. The fraction of sp³-hybridized carbons (Fsp3) is 0. The van der Waals surface area contributed by atoms with E-state index < -0.39 is 28.3 Å². The van der Waals surface area contributed by atoms with E-state index in [0.717, 1.165) is 24.4 Å². The zero-order valence-corrected chi connectivity index (χ0v) is 18.1. The topological polar surface area (TPSA) is 184 Å². The van der Waals surface area contributed by atoms with Crippen LogP contribution in [-0.2, 0) is 0 Å². The minimum Gasteiger partial charge on any atom is -0.369 e. The number of nitrogens with zero attached hydrogens (tertiary/aromatic N) is 3. The number of nitrogens with two attached hydrogens (primary N) is 5. The summed E-state index contributed by atoms with van der Waals surface area (Å²) >= 11 is 10.7. The smallest absolute Gasteiger partial charge is 0.211 e. The van der Waals surface area contributed by atoms with Crippen molar-refractivity contribution in [1.82, 2.24) is 0 Å². The minimum atomic E-state index is -1.18. The van der Waals surface area contributed by atoms with E-state index in [1.54, 1.807) is 0 Å². The van der Waals surface area contributed by atoms with Crippen molar-refractivity contribution in [3.8, 4) is 0 Å². The first-order valence-corrected chi connectivity index (χ1v) is 8.34. The first-order chi connectivity index (χ1) is 14.5. The Balaban J connectivity index is 0. The first-order valence-electron chi connectivity index (χ1n) is 7.59. The van der Waals surface area contributed by atoms with E-state index in [0.29, 0.717) is 6.29 Å². The number of guanidine groups is 2. The van der Waals surface area contributed by atoms with Gasteiger partial charge >= 0.3 is 0 Å². The number of hydrogen-bond acceptors (Lipinski definition) is 5. The molecule has 10 N–H and O–H groups in total. The SMILES string of the molecule is Cl.NC(N)=N/N=C/c1ccc(F)c(F)c1Cl.NN=C(N)N.O=Cc1ccc(F)c(F)c1Cl. The second-order valence-corrected chi connectivity index (χ2v) is 5.73. The van der Waals surface area contributed by atoms with Gasteiger partial charge in [-0.15, -0.1) is 22.6 Å². The molecule has 16 heteroatoms. The zero-order chi connectivity index (χ0) is 24.1. The van der Waals surface area contributed by atoms with Crippen LogP contribution >= 0.6 is 35.6 Å². The zero-order valence-electron chi connectivity index (χ0n) is 15.8. The summed E-state index contributed by atoms with van der Waals surface area (Å²) in [7, 11) is 0. The average molecular weight is 520 g/mol. The summed E-state index contributed by atoms with van der Waals surface area (Å²) in [6.07, 6.45) is 1.48. The van der Waals surface area contributed by atoms with Crippen molar-refractivity contribution in [3.63, 3.8) is 0 Å². The summed E-state index contributed by atoms with van der Waals surface area (Å²) in [5.74, 6) is -0.230. The third-order valence-electron chi connectivity index (χ3n) is 2.78. The van der Waals surface area contributed by atoms with Crippen LogP contribution in [0, 0.1) is 23.3 Å². The molecule has 0 amide bonds. The molecule has 0 aliphatic heterocycles. The second-order valence-electron chi connectivity index (χ2n) is 4.97. The van der Waals surface area contributed by atoms with Crippen molar-refractivity contribution >= 4 is 60.0 Å². The quantitative estimate of drug-likeness (QED) is 0.0787. The Bertz CT molecular complexity index is 998. The van der Waals surface area contributed by atoms with Gasteiger partial charge in [-0.1, -0.05) is 23.2 Å². The lowest BCUT2D eigenvalue weighted by Gasteiger charge is -1.99. The molecule has 0 bridgehead atoms. The second kappa shape index (κ2) is 15.5. The summed E-state index contributed by atoms with van der Waals surface area (Å²) in [4.78, 5) is 10.1. The van der Waals surface area contributed by atoms with Gasteiger partial charge in [-0.3, -0.25) is 4.79 Å². The summed E-state index contributed by atoms with van der Waals surface area (Å²) < 4.78 is 50.4. The van der Waals surface area contributed by atoms with Crippen LogP contribution in [0.3, 0.4) is 0 Å². The Morgan fingerprint density at radius 3 is 1.59 bits per heavy atom. The fourth-order valence-corrected chi connectivity index (χ4v) is 1.83. The molecule has 0 spiro atoms. The molecule has 2 rings (SSSR count). The lowest BCUT2D eigenvalue weighted by Crippen LogP contribution is -2.23. The highest BCUT2D eigenvalue weighted by Crippen LogP contribution is 2.21. The molecule has 0 fully saturated rings. The Labute approximate surface area is 195 Å². The third kappa shape index (κ3) is 10.7. The molecular formula is C16H17Cl3F4N8O. The standard InChI is InChI=1S/C8H7ClF2N4.C7H3ClF2O.CH6N4.ClH/c9-6-4(3-14-15-8(12)13)1-2-5(10)7(6)11;8-6-4(3-11)1-2-5(9)7(6)10;2-1(3)5-4;/h1-3H,(H4,12,13,15);1-3H;4H2,(H4,2,3,5);1H/b14-3+;;;. The van der Waals surface area contributed by atoms with Gasteiger partial charge in [-0.05, 0) is 24.3 Å². The molecule has 0 aliphatic carbocycles. The highest BCUT2D eigenvalue weighted by molar-refractivity contribution is 6.33. The fourth-order valence-electron chi connectivity index (χ4n) is 1.43. The maximum atomic E-state index is 12.9. The highest BCUT2D eigenvalue weighted by atomic mass is 35.5. The molecular weight excluding hydrogens is 503 g/mol. The number of halogens is 7. The highest BCUT2D eigenvalue weighted by Gasteiger charge is 2.10. The van der Waals surface area contributed by atoms with E-state index in [1.807, 2.05) is 0 Å². The molecule has 2 aromatic carbocycles. The van der Waals surface area contributed by atoms with Crippen LogP contribution in [0.1, 0.15) is 15.9 Å². The molecule has 0 saturated heterocycles. The van der Waals surface area contributed by atoms with Gasteiger partial charge in [0.2, 0.25) is 11.9 Å². The van der Waals surface area contributed by atoms with Crippen molar-refractivity contribution < 1.29 is 22.4 Å². The maximum Gasteiger partial charge on any atom is 0.211 e. The molecule has 0 saturated carbocycles. The van der Waals surface area contributed by atoms with E-state index in [4.69, 9.17) is 46.1 Å². The van der Waals surface area contributed by atoms with Crippen LogP contribution in [0.4, 0.5) is 17.6 Å². The minimum absolute atomic E-state index is 0. The van der Waals surface area contributed by atoms with Gasteiger partial charge in [0.25, 0.3) is 0 Å². The van der Waals surface area contributed by atoms with Gasteiger partial charge in [-0.25, -0.2) is 17.6 Å². The molecule has 176 valence electrons. The molecule has 0 radical (unpaired) electrons. The Morgan fingerprint density at radius 2 is 1.22 bits per heavy atom. The molecule has 2 aromatic rings. The summed E-state index contributed by atoms with van der Waals surface area (Å²) in [5, 5.41) is 8.71. The van der Waals surface area contributed by atoms with Crippen molar-refractivity contribution in [2.24, 2.45) is 44.1 Å². The molecule has 9 nitrogen and oxygen atoms in total. The third-order valence-corrected chi connectivity index (χ3v) is 3.54. The molecule has 0 aromatic heterocycles. The van der Waals surface area contributed by atoms with Crippen molar-refractivity contribution in [1.29, 1.82) is 0 Å². The van der Waals surface area contributed by atoms with Crippen molar-refractivity contribution in [3.05, 3.63) is 68.7 Å². The predicted octanol–water partition coefficient (Wildman–Crippen LogP) is 2.21. The first kappa shape index (κ1) is 30.9. The molecule has 32 heavy (non-hydrogen) atoms. The van der Waals surface area contributed by atoms with Gasteiger partial charge in [0.05, 0.1) is 16.3 Å². The van der Waals surface area contributed by atoms with Crippen LogP contribution in [-0.4, -0.2) is 24.4 Å². The number of carbonyl (C=O) groups is 1. The Morgan fingerprint density at radius 1 is 0.812 bits per heavy atom. The Hall–Kier alpha value is -3.29. The van der Waals surface area contributed by atoms with E-state index in [-0.39, 0.29) is 40.5 Å². The molecule has 0 unspecified atom stereocenters. The van der Waals surface area contributed by atoms with Crippen molar-refractivity contribution in [2.75, 3.05) is 0 Å². The lowest BCUT2D eigenvalue weighted by molar-refractivity contribution is 0.112. The van der Waals surface area contributed by atoms with E-state index >= 15 is 0 Å². The summed E-state index contributed by atoms with van der Waals surface area (Å²) in [5.41, 5.74) is 19.5. The van der Waals surface area contributed by atoms with Gasteiger partial charge < -0.3 is 28.8 Å². The number of benzene rings is 2. The predicted molar refractivity (Wildman–Crippen MR) is 119 cm³/mol. The number of carbonyl (C=O) groups excluding carboxylic acids is 1. The number of aldehydes is 1. The van der Waals surface area contributed by atoms with E-state index in [2.05, 4.69) is 21.1 Å². The maximum absolute atomic E-state index is 12.9. The molecule has 0 atom stereocenters. The summed E-state index contributed by atoms with van der Waals surface area (Å²) in [6, 6.07) is 4.16. The van der Waals surface area contributed by atoms with Crippen LogP contribution in [0.5, 0.6) is 0 Å². The summed E-state index contributed by atoms with van der Waals surface area (Å²) in [6.45, 7) is 0. The Kier molecular flexibility index (Phi) is 15.0. The van der Waals surface area contributed by atoms with Crippen LogP contribution in [0.15, 0.2) is 39.6 Å².